The molecule has 1 saturated carbocycles. The van der Waals surface area contributed by atoms with E-state index in [4.69, 9.17) is 11.6 Å². The lowest BCUT2D eigenvalue weighted by Crippen LogP contribution is -2.29. The van der Waals surface area contributed by atoms with Crippen molar-refractivity contribution in [1.29, 1.82) is 0 Å². The molecule has 24 heavy (non-hydrogen) atoms. The quantitative estimate of drug-likeness (QED) is 0.796. The number of anilines is 1. The fourth-order valence-corrected chi connectivity index (χ4v) is 2.48. The van der Waals surface area contributed by atoms with E-state index in [1.165, 1.54) is 4.68 Å². The molecule has 1 aliphatic carbocycles. The van der Waals surface area contributed by atoms with Gasteiger partial charge in [-0.2, -0.15) is 0 Å². The van der Waals surface area contributed by atoms with Gasteiger partial charge in [-0.25, -0.2) is 4.68 Å². The zero-order valence-corrected chi connectivity index (χ0v) is 13.8. The summed E-state index contributed by atoms with van der Waals surface area (Å²) < 4.78 is 1.40. The first-order valence-electron chi connectivity index (χ1n) is 7.83. The van der Waals surface area contributed by atoms with Gasteiger partial charge in [0.25, 0.3) is 0 Å². The molecule has 2 N–H and O–H groups in total. The minimum absolute atomic E-state index is 0.0359. The van der Waals surface area contributed by atoms with Gasteiger partial charge in [0.15, 0.2) is 5.82 Å². The second kappa shape index (κ2) is 7.44. The van der Waals surface area contributed by atoms with Gasteiger partial charge in [-0.15, -0.1) is 5.10 Å². The maximum absolute atomic E-state index is 11.9. The highest BCUT2D eigenvalue weighted by atomic mass is 35.5. The normalized spacial score (nSPS) is 13.5. The number of carbonyl (C=O) groups excluding carboxylic acids is 2. The third-order valence-electron chi connectivity index (χ3n) is 3.72. The molecule has 2 aromatic rings. The molecule has 1 aromatic heterocycles. The molecule has 0 atom stereocenters. The summed E-state index contributed by atoms with van der Waals surface area (Å²) in [7, 11) is 0. The van der Waals surface area contributed by atoms with Crippen molar-refractivity contribution in [3.05, 3.63) is 41.0 Å². The van der Waals surface area contributed by atoms with Crippen molar-refractivity contribution in [3.63, 3.8) is 0 Å². The first kappa shape index (κ1) is 16.4. The van der Waals surface area contributed by atoms with Crippen molar-refractivity contribution in [2.45, 2.75) is 25.8 Å². The van der Waals surface area contributed by atoms with Crippen LogP contribution < -0.4 is 10.6 Å². The van der Waals surface area contributed by atoms with Gasteiger partial charge < -0.3 is 10.6 Å². The summed E-state index contributed by atoms with van der Waals surface area (Å²) in [6.45, 7) is 0.539. The number of rotatable bonds is 7. The topological polar surface area (TPSA) is 88.9 Å². The molecule has 126 valence electrons. The van der Waals surface area contributed by atoms with Gasteiger partial charge in [0.2, 0.25) is 11.8 Å². The first-order chi connectivity index (χ1) is 11.6. The number of amides is 2. The van der Waals surface area contributed by atoms with E-state index in [9.17, 15) is 9.59 Å². The Morgan fingerprint density at radius 1 is 1.29 bits per heavy atom. The SMILES string of the molecule is O=C(Cn1cc(NC(=O)C2CC2)nn1)NCCc1ccccc1Cl. The molecule has 0 aliphatic heterocycles. The van der Waals surface area contributed by atoms with E-state index in [1.807, 2.05) is 24.3 Å². The van der Waals surface area contributed by atoms with Gasteiger partial charge in [0, 0.05) is 17.5 Å². The van der Waals surface area contributed by atoms with Crippen LogP contribution in [0, 0.1) is 5.92 Å². The Morgan fingerprint density at radius 2 is 2.08 bits per heavy atom. The largest absolute Gasteiger partial charge is 0.354 e. The third-order valence-corrected chi connectivity index (χ3v) is 4.09. The average molecular weight is 348 g/mol. The summed E-state index contributed by atoms with van der Waals surface area (Å²) in [4.78, 5) is 23.5. The fourth-order valence-electron chi connectivity index (χ4n) is 2.25. The second-order valence-electron chi connectivity index (χ2n) is 5.76. The summed E-state index contributed by atoms with van der Waals surface area (Å²) >= 11 is 6.07. The summed E-state index contributed by atoms with van der Waals surface area (Å²) in [6, 6.07) is 7.54. The third kappa shape index (κ3) is 4.55. The van der Waals surface area contributed by atoms with E-state index in [1.54, 1.807) is 6.20 Å². The summed E-state index contributed by atoms with van der Waals surface area (Å²) in [6.07, 6.45) is 4.06. The van der Waals surface area contributed by atoms with Crippen LogP contribution in [0.4, 0.5) is 5.82 Å². The Kier molecular flexibility index (Phi) is 5.10. The van der Waals surface area contributed by atoms with Crippen LogP contribution >= 0.6 is 11.6 Å². The smallest absolute Gasteiger partial charge is 0.241 e. The maximum atomic E-state index is 11.9. The fraction of sp³-hybridized carbons (Fsp3) is 0.375. The Morgan fingerprint density at radius 3 is 2.83 bits per heavy atom. The van der Waals surface area contributed by atoms with Gasteiger partial charge in [-0.3, -0.25) is 9.59 Å². The lowest BCUT2D eigenvalue weighted by atomic mass is 10.1. The number of hydrogen-bond acceptors (Lipinski definition) is 4. The molecular weight excluding hydrogens is 330 g/mol. The van der Waals surface area contributed by atoms with Gasteiger partial charge in [-0.1, -0.05) is 35.0 Å². The van der Waals surface area contributed by atoms with E-state index in [-0.39, 0.29) is 24.3 Å². The maximum Gasteiger partial charge on any atom is 0.241 e. The Labute approximate surface area is 144 Å². The standard InChI is InChI=1S/C16H18ClN5O2/c17-13-4-2-1-3-11(13)7-8-18-15(23)10-22-9-14(20-21-22)19-16(24)12-5-6-12/h1-4,9,12H,5-8,10H2,(H,18,23)(H,19,24). The highest BCUT2D eigenvalue weighted by Crippen LogP contribution is 2.29. The number of nitrogens with one attached hydrogen (secondary N) is 2. The van der Waals surface area contributed by atoms with Crippen molar-refractivity contribution in [1.82, 2.24) is 20.3 Å². The molecule has 7 nitrogen and oxygen atoms in total. The highest BCUT2D eigenvalue weighted by Gasteiger charge is 2.30. The van der Waals surface area contributed by atoms with Crippen molar-refractivity contribution in [2.75, 3.05) is 11.9 Å². The minimum atomic E-state index is -0.174. The lowest BCUT2D eigenvalue weighted by Gasteiger charge is -2.06. The van der Waals surface area contributed by atoms with Crippen LogP contribution in [0.15, 0.2) is 30.5 Å². The van der Waals surface area contributed by atoms with Gasteiger partial charge >= 0.3 is 0 Å². The monoisotopic (exact) mass is 347 g/mol. The molecule has 0 saturated heterocycles. The van der Waals surface area contributed by atoms with Crippen LogP contribution in [0.2, 0.25) is 5.02 Å². The summed E-state index contributed by atoms with van der Waals surface area (Å²) in [5, 5.41) is 13.9. The van der Waals surface area contributed by atoms with Crippen molar-refractivity contribution in [3.8, 4) is 0 Å². The molecule has 0 spiro atoms. The highest BCUT2D eigenvalue weighted by molar-refractivity contribution is 6.31. The van der Waals surface area contributed by atoms with Gasteiger partial charge in [-0.05, 0) is 30.9 Å². The molecule has 0 radical (unpaired) electrons. The zero-order chi connectivity index (χ0) is 16.9. The van der Waals surface area contributed by atoms with Crippen LogP contribution in [0.1, 0.15) is 18.4 Å². The number of hydrogen-bond donors (Lipinski definition) is 2. The van der Waals surface area contributed by atoms with Crippen molar-refractivity contribution >= 4 is 29.2 Å². The van der Waals surface area contributed by atoms with E-state index < -0.39 is 0 Å². The molecule has 3 rings (SSSR count). The van der Waals surface area contributed by atoms with Crippen LogP contribution in [-0.2, 0) is 22.6 Å². The number of carbonyl (C=O) groups is 2. The number of aromatic nitrogens is 3. The lowest BCUT2D eigenvalue weighted by molar-refractivity contribution is -0.121. The summed E-state index contributed by atoms with van der Waals surface area (Å²) in [5.41, 5.74) is 0.991. The molecule has 8 heteroatoms. The Hall–Kier alpha value is -2.41. The number of nitrogens with zero attached hydrogens (tertiary/aromatic N) is 3. The predicted octanol–water partition coefficient (Wildman–Crippen LogP) is 1.64. The Bertz CT molecular complexity index is 742. The zero-order valence-electron chi connectivity index (χ0n) is 13.0. The second-order valence-corrected chi connectivity index (χ2v) is 6.16. The molecule has 1 aromatic carbocycles. The van der Waals surface area contributed by atoms with E-state index in [0.717, 1.165) is 18.4 Å². The van der Waals surface area contributed by atoms with Crippen LogP contribution in [-0.4, -0.2) is 33.4 Å². The molecule has 2 amide bonds. The van der Waals surface area contributed by atoms with Gasteiger partial charge in [0.1, 0.15) is 6.54 Å². The molecule has 0 bridgehead atoms. The van der Waals surface area contributed by atoms with E-state index in [0.29, 0.717) is 23.8 Å². The van der Waals surface area contributed by atoms with Gasteiger partial charge in [0.05, 0.1) is 6.20 Å². The van der Waals surface area contributed by atoms with Crippen molar-refractivity contribution < 1.29 is 9.59 Å². The number of halogens is 1. The van der Waals surface area contributed by atoms with Crippen LogP contribution in [0.3, 0.4) is 0 Å². The minimum Gasteiger partial charge on any atom is -0.354 e. The van der Waals surface area contributed by atoms with E-state index >= 15 is 0 Å². The first-order valence-corrected chi connectivity index (χ1v) is 8.21. The summed E-state index contributed by atoms with van der Waals surface area (Å²) in [5.74, 6) is 0.261. The molecular formula is C16H18ClN5O2. The van der Waals surface area contributed by atoms with E-state index in [2.05, 4.69) is 20.9 Å². The average Bonchev–Trinajstić information content (AvgIpc) is 3.32. The molecule has 1 heterocycles. The van der Waals surface area contributed by atoms with Crippen LogP contribution in [0.5, 0.6) is 0 Å². The molecule has 0 unspecified atom stereocenters. The Balaban J connectivity index is 1.42. The predicted molar refractivity (Wildman–Crippen MR) is 89.5 cm³/mol. The molecule has 1 aliphatic rings. The molecule has 1 fully saturated rings. The van der Waals surface area contributed by atoms with Crippen LogP contribution in [0.25, 0.3) is 0 Å². The van der Waals surface area contributed by atoms with Crippen molar-refractivity contribution in [2.24, 2.45) is 5.92 Å². The number of benzene rings is 1.